The monoisotopic (exact) mass is 482 g/mol. The third-order valence-electron chi connectivity index (χ3n) is 6.60. The minimum atomic E-state index is -0.240. The van der Waals surface area contributed by atoms with Crippen molar-refractivity contribution in [1.82, 2.24) is 5.32 Å². The van der Waals surface area contributed by atoms with Crippen LogP contribution in [-0.2, 0) is 11.2 Å². The predicted octanol–water partition coefficient (Wildman–Crippen LogP) is 6.78. The van der Waals surface area contributed by atoms with Crippen molar-refractivity contribution in [3.63, 3.8) is 0 Å². The Hall–Kier alpha value is -1.88. The number of Topliss-reactive ketones (excluding diaryl/α,β-unsaturated/α-hetero) is 1. The number of rotatable bonds is 8. The summed E-state index contributed by atoms with van der Waals surface area (Å²) in [6.07, 6.45) is 5.62. The van der Waals surface area contributed by atoms with Crippen LogP contribution in [0.2, 0.25) is 0 Å². The average molecular weight is 483 g/mol. The van der Waals surface area contributed by atoms with E-state index in [-0.39, 0.29) is 22.9 Å². The largest absolute Gasteiger partial charge is 0.347 e. The van der Waals surface area contributed by atoms with E-state index < -0.39 is 0 Å². The number of carbonyl (C=O) groups excluding carboxylic acids is 2. The normalized spacial score (nSPS) is 20.9. The molecule has 1 aromatic rings. The molecule has 1 N–H and O–H groups in total. The fourth-order valence-electron chi connectivity index (χ4n) is 4.81. The maximum atomic E-state index is 12.5. The zero-order valence-corrected chi connectivity index (χ0v) is 22.9. The molecule has 2 atom stereocenters. The molecule has 1 heterocycles. The lowest BCUT2D eigenvalue weighted by molar-refractivity contribution is -0.119. The van der Waals surface area contributed by atoms with Gasteiger partial charge in [0.15, 0.2) is 5.78 Å². The molecule has 2 aliphatic rings. The molecule has 0 aromatic heterocycles. The molecule has 34 heavy (non-hydrogen) atoms. The first kappa shape index (κ1) is 26.7. The summed E-state index contributed by atoms with van der Waals surface area (Å²) in [4.78, 5) is 31.2. The third kappa shape index (κ3) is 7.07. The Morgan fingerprint density at radius 1 is 1.18 bits per heavy atom. The van der Waals surface area contributed by atoms with Crippen molar-refractivity contribution in [2.75, 3.05) is 5.75 Å². The Morgan fingerprint density at radius 3 is 2.47 bits per heavy atom. The summed E-state index contributed by atoms with van der Waals surface area (Å²) < 4.78 is 0. The van der Waals surface area contributed by atoms with E-state index in [0.717, 1.165) is 43.6 Å². The lowest BCUT2D eigenvalue weighted by atomic mass is 9.72. The van der Waals surface area contributed by atoms with Gasteiger partial charge in [0.25, 0.3) is 5.91 Å². The van der Waals surface area contributed by atoms with Gasteiger partial charge in [0, 0.05) is 33.9 Å². The van der Waals surface area contributed by atoms with Gasteiger partial charge in [-0.1, -0.05) is 45.4 Å². The predicted molar refractivity (Wildman–Crippen MR) is 145 cm³/mol. The van der Waals surface area contributed by atoms with Crippen LogP contribution in [0.1, 0.15) is 96.5 Å². The van der Waals surface area contributed by atoms with Crippen LogP contribution in [0.5, 0.6) is 0 Å². The van der Waals surface area contributed by atoms with Crippen LogP contribution in [0.3, 0.4) is 0 Å². The molecule has 0 saturated heterocycles. The lowest BCUT2D eigenvalue weighted by Crippen LogP contribution is -2.40. The van der Waals surface area contributed by atoms with Crippen molar-refractivity contribution in [3.05, 3.63) is 45.9 Å². The first-order chi connectivity index (χ1) is 15.9. The zero-order valence-electron chi connectivity index (χ0n) is 22.1. The van der Waals surface area contributed by atoms with Crippen molar-refractivity contribution in [3.8, 4) is 0 Å². The molecule has 2 unspecified atom stereocenters. The van der Waals surface area contributed by atoms with E-state index in [0.29, 0.717) is 23.7 Å². The van der Waals surface area contributed by atoms with Gasteiger partial charge in [0.2, 0.25) is 0 Å². The number of hydrogen-bond acceptors (Lipinski definition) is 4. The van der Waals surface area contributed by atoms with Crippen molar-refractivity contribution < 1.29 is 9.59 Å². The first-order valence-corrected chi connectivity index (χ1v) is 13.7. The molecule has 1 aliphatic carbocycles. The van der Waals surface area contributed by atoms with Gasteiger partial charge in [-0.25, -0.2) is 0 Å². The fraction of sp³-hybridized carbons (Fsp3) is 0.621. The topological polar surface area (TPSA) is 58.5 Å². The van der Waals surface area contributed by atoms with E-state index in [9.17, 15) is 9.59 Å². The Morgan fingerprint density at radius 2 is 1.85 bits per heavy atom. The van der Waals surface area contributed by atoms with E-state index in [1.165, 1.54) is 16.0 Å². The number of nitrogens with zero attached hydrogens (tertiary/aromatic N) is 1. The van der Waals surface area contributed by atoms with E-state index in [4.69, 9.17) is 4.99 Å². The number of fused-ring (bicyclic) bond motifs is 1. The summed E-state index contributed by atoms with van der Waals surface area (Å²) in [6.45, 7) is 15.0. The van der Waals surface area contributed by atoms with E-state index >= 15 is 0 Å². The van der Waals surface area contributed by atoms with Crippen LogP contribution in [-0.4, -0.2) is 34.7 Å². The van der Waals surface area contributed by atoms with Crippen LogP contribution >= 0.6 is 11.8 Å². The molecule has 1 aliphatic heterocycles. The van der Waals surface area contributed by atoms with Crippen LogP contribution < -0.4 is 5.32 Å². The van der Waals surface area contributed by atoms with Crippen LogP contribution in [0.4, 0.5) is 0 Å². The first-order valence-electron chi connectivity index (χ1n) is 12.8. The van der Waals surface area contributed by atoms with Gasteiger partial charge in [-0.2, -0.15) is 0 Å². The number of aliphatic imine (C=N–C) groups is 1. The molecular weight excluding hydrogens is 440 g/mol. The summed E-state index contributed by atoms with van der Waals surface area (Å²) in [5.74, 6) is 1.51. The quantitative estimate of drug-likeness (QED) is 0.444. The molecule has 5 heteroatoms. The summed E-state index contributed by atoms with van der Waals surface area (Å²) in [5, 5.41) is 3.02. The van der Waals surface area contributed by atoms with Crippen LogP contribution in [0, 0.1) is 11.3 Å². The number of benzene rings is 1. The molecule has 1 aromatic carbocycles. The second-order valence-corrected chi connectivity index (χ2v) is 12.9. The molecule has 186 valence electrons. The number of aryl methyl sites for hydroxylation is 1. The van der Waals surface area contributed by atoms with Gasteiger partial charge in [-0.15, -0.1) is 11.8 Å². The van der Waals surface area contributed by atoms with Gasteiger partial charge in [-0.3, -0.25) is 14.6 Å². The second kappa shape index (κ2) is 10.8. The van der Waals surface area contributed by atoms with Crippen LogP contribution in [0.25, 0.3) is 0 Å². The Kier molecular flexibility index (Phi) is 8.49. The summed E-state index contributed by atoms with van der Waals surface area (Å²) in [7, 11) is 0. The van der Waals surface area contributed by atoms with Crippen molar-refractivity contribution >= 4 is 29.2 Å². The molecule has 4 nitrogen and oxygen atoms in total. The molecule has 0 saturated carbocycles. The molecule has 1 amide bonds. The fourth-order valence-corrected chi connectivity index (χ4v) is 6.15. The van der Waals surface area contributed by atoms with Gasteiger partial charge in [0.1, 0.15) is 6.04 Å². The Balaban J connectivity index is 1.70. The number of ketones is 1. The van der Waals surface area contributed by atoms with Crippen LogP contribution in [0.15, 0.2) is 39.7 Å². The van der Waals surface area contributed by atoms with Crippen molar-refractivity contribution in [2.45, 2.75) is 98.6 Å². The van der Waals surface area contributed by atoms with Gasteiger partial charge in [-0.05, 0) is 81.9 Å². The number of hydrogen-bond donors (Lipinski definition) is 1. The SMILES string of the molecule is CCCC(=O)C1CSC2=C(C(C)CCc3ccc(C(=O)NC(C)(C)C)cc3)CC(C)(C)CC2=N1. The van der Waals surface area contributed by atoms with E-state index in [2.05, 4.69) is 45.1 Å². The Bertz CT molecular complexity index is 967. The second-order valence-electron chi connectivity index (χ2n) is 11.8. The molecule has 0 bridgehead atoms. The number of thioether (sulfide) groups is 1. The highest BCUT2D eigenvalue weighted by Crippen LogP contribution is 2.46. The third-order valence-corrected chi connectivity index (χ3v) is 7.87. The molecule has 0 fully saturated rings. The summed E-state index contributed by atoms with van der Waals surface area (Å²) in [6, 6.07) is 7.87. The maximum absolute atomic E-state index is 12.5. The number of nitrogens with one attached hydrogen (secondary N) is 1. The zero-order chi connectivity index (χ0) is 25.1. The van der Waals surface area contributed by atoms with E-state index in [1.807, 2.05) is 44.7 Å². The van der Waals surface area contributed by atoms with Gasteiger partial charge >= 0.3 is 0 Å². The van der Waals surface area contributed by atoms with Gasteiger partial charge in [0.05, 0.1) is 0 Å². The highest BCUT2D eigenvalue weighted by molar-refractivity contribution is 8.04. The average Bonchev–Trinajstić information content (AvgIpc) is 2.75. The number of allylic oxidation sites excluding steroid dienone is 2. The Labute approximate surface area is 210 Å². The number of carbonyl (C=O) groups is 2. The summed E-state index contributed by atoms with van der Waals surface area (Å²) in [5.41, 5.74) is 4.58. The maximum Gasteiger partial charge on any atom is 0.251 e. The molecule has 0 spiro atoms. The van der Waals surface area contributed by atoms with Gasteiger partial charge < -0.3 is 5.32 Å². The molecular formula is C29H42N2O2S. The lowest BCUT2D eigenvalue weighted by Gasteiger charge is -2.38. The standard InChI is InChI=1S/C29H42N2O2S/c1-8-9-25(32)24-18-34-26-22(16-29(6,7)17-23(26)30-24)19(2)10-11-20-12-14-21(15-13-20)27(33)31-28(3,4)5/h12-15,19,24H,8-11,16-18H2,1-7H3,(H,31,33). The smallest absolute Gasteiger partial charge is 0.251 e. The minimum Gasteiger partial charge on any atom is -0.347 e. The minimum absolute atomic E-state index is 0.0272. The highest BCUT2D eigenvalue weighted by atomic mass is 32.2. The molecule has 0 radical (unpaired) electrons. The van der Waals surface area contributed by atoms with E-state index in [1.54, 1.807) is 0 Å². The molecule has 3 rings (SSSR count). The summed E-state index contributed by atoms with van der Waals surface area (Å²) >= 11 is 1.86. The number of amides is 1. The highest BCUT2D eigenvalue weighted by Gasteiger charge is 2.37. The van der Waals surface area contributed by atoms with Crippen molar-refractivity contribution in [2.24, 2.45) is 16.3 Å². The van der Waals surface area contributed by atoms with Crippen molar-refractivity contribution in [1.29, 1.82) is 0 Å².